The van der Waals surface area contributed by atoms with Gasteiger partial charge < -0.3 is 14.5 Å². The minimum Gasteiger partial charge on any atom is -0.496 e. The van der Waals surface area contributed by atoms with Crippen LogP contribution in [-0.2, 0) is 0 Å². The molecular formula is C20H31N3O. The largest absolute Gasteiger partial charge is 0.496 e. The second-order valence-electron chi connectivity index (χ2n) is 7.19. The molecular weight excluding hydrogens is 298 g/mol. The van der Waals surface area contributed by atoms with E-state index in [4.69, 9.17) is 4.74 Å². The molecule has 4 nitrogen and oxygen atoms in total. The van der Waals surface area contributed by atoms with Crippen LogP contribution in [0.4, 0.5) is 0 Å². The van der Waals surface area contributed by atoms with Crippen molar-refractivity contribution in [3.8, 4) is 5.75 Å². The second-order valence-corrected chi connectivity index (χ2v) is 7.19. The van der Waals surface area contributed by atoms with Crippen LogP contribution >= 0.6 is 0 Å². The third-order valence-electron chi connectivity index (χ3n) is 5.64. The fraction of sp³-hybridized carbons (Fsp3) is 0.600. The van der Waals surface area contributed by atoms with Gasteiger partial charge in [0.1, 0.15) is 5.75 Å². The van der Waals surface area contributed by atoms with E-state index in [2.05, 4.69) is 53.4 Å². The van der Waals surface area contributed by atoms with Crippen molar-refractivity contribution in [2.45, 2.75) is 25.8 Å². The molecule has 0 amide bonds. The maximum atomic E-state index is 5.46. The number of likely N-dealkylation sites (tertiary alicyclic amines) is 1. The number of methoxy groups -OCH3 is 1. The van der Waals surface area contributed by atoms with E-state index in [1.54, 1.807) is 7.11 Å². The Kier molecular flexibility index (Phi) is 5.47. The average molecular weight is 329 g/mol. The Balaban J connectivity index is 1.57. The van der Waals surface area contributed by atoms with Gasteiger partial charge in [0, 0.05) is 56.6 Å². The minimum atomic E-state index is 0.746. The summed E-state index contributed by atoms with van der Waals surface area (Å²) in [7, 11) is 3.95. The maximum absolute atomic E-state index is 5.46. The minimum absolute atomic E-state index is 0.746. The predicted molar refractivity (Wildman–Crippen MR) is 100 cm³/mol. The quantitative estimate of drug-likeness (QED) is 0.845. The summed E-state index contributed by atoms with van der Waals surface area (Å²) in [5, 5.41) is 0. The molecule has 2 saturated heterocycles. The molecule has 2 fully saturated rings. The molecule has 0 saturated carbocycles. The van der Waals surface area contributed by atoms with Crippen LogP contribution in [0.5, 0.6) is 5.75 Å². The van der Waals surface area contributed by atoms with Crippen molar-refractivity contribution < 1.29 is 4.74 Å². The molecule has 1 aromatic carbocycles. The van der Waals surface area contributed by atoms with Gasteiger partial charge in [-0.05, 0) is 38.4 Å². The number of aryl methyl sites for hydroxylation is 1. The number of piperazine rings is 1. The fourth-order valence-electron chi connectivity index (χ4n) is 3.87. The highest BCUT2D eigenvalue weighted by atomic mass is 16.5. The van der Waals surface area contributed by atoms with Gasteiger partial charge in [-0.15, -0.1) is 0 Å². The smallest absolute Gasteiger partial charge is 0.122 e. The number of piperidine rings is 1. The van der Waals surface area contributed by atoms with Crippen molar-refractivity contribution in [2.24, 2.45) is 0 Å². The zero-order valence-electron chi connectivity index (χ0n) is 15.4. The molecule has 132 valence electrons. The van der Waals surface area contributed by atoms with E-state index in [1.807, 2.05) is 0 Å². The zero-order valence-corrected chi connectivity index (χ0v) is 15.4. The van der Waals surface area contributed by atoms with Crippen LogP contribution in [0, 0.1) is 6.92 Å². The number of benzene rings is 1. The van der Waals surface area contributed by atoms with Crippen LogP contribution in [0.15, 0.2) is 24.8 Å². The van der Waals surface area contributed by atoms with Gasteiger partial charge >= 0.3 is 0 Å². The van der Waals surface area contributed by atoms with Gasteiger partial charge in [0.2, 0.25) is 0 Å². The molecule has 0 N–H and O–H groups in total. The van der Waals surface area contributed by atoms with Gasteiger partial charge in [-0.2, -0.15) is 0 Å². The lowest BCUT2D eigenvalue weighted by Gasteiger charge is -2.43. The van der Waals surface area contributed by atoms with Crippen molar-refractivity contribution in [3.05, 3.63) is 35.9 Å². The van der Waals surface area contributed by atoms with Gasteiger partial charge in [0.25, 0.3) is 0 Å². The van der Waals surface area contributed by atoms with Crippen LogP contribution in [-0.4, -0.2) is 74.2 Å². The number of hydrogen-bond acceptors (Lipinski definition) is 4. The van der Waals surface area contributed by atoms with E-state index >= 15 is 0 Å². The fourth-order valence-corrected chi connectivity index (χ4v) is 3.87. The first-order chi connectivity index (χ1) is 11.6. The van der Waals surface area contributed by atoms with E-state index in [1.165, 1.54) is 50.1 Å². The molecule has 0 bridgehead atoms. The summed E-state index contributed by atoms with van der Waals surface area (Å²) in [5.74, 6) is 0.945. The van der Waals surface area contributed by atoms with Crippen molar-refractivity contribution in [1.82, 2.24) is 14.7 Å². The van der Waals surface area contributed by atoms with Crippen LogP contribution < -0.4 is 4.74 Å². The molecule has 0 spiro atoms. The number of nitrogens with zero attached hydrogens (tertiary/aromatic N) is 3. The van der Waals surface area contributed by atoms with E-state index in [9.17, 15) is 0 Å². The summed E-state index contributed by atoms with van der Waals surface area (Å²) in [6, 6.07) is 7.14. The van der Waals surface area contributed by atoms with Gasteiger partial charge in [-0.1, -0.05) is 18.7 Å². The van der Waals surface area contributed by atoms with E-state index < -0.39 is 0 Å². The highest BCUT2D eigenvalue weighted by Crippen LogP contribution is 2.28. The lowest BCUT2D eigenvalue weighted by atomic mass is 10.00. The highest BCUT2D eigenvalue weighted by molar-refractivity contribution is 5.64. The predicted octanol–water partition coefficient (Wildman–Crippen LogP) is 2.69. The van der Waals surface area contributed by atoms with Crippen LogP contribution in [0.3, 0.4) is 0 Å². The molecule has 0 radical (unpaired) electrons. The third kappa shape index (κ3) is 3.76. The molecule has 4 heteroatoms. The molecule has 0 atom stereocenters. The Morgan fingerprint density at radius 3 is 2.38 bits per heavy atom. The summed E-state index contributed by atoms with van der Waals surface area (Å²) in [6.07, 6.45) is 2.48. The number of likely N-dealkylation sites (N-methyl/N-ethyl adjacent to an activating group) is 1. The summed E-state index contributed by atoms with van der Waals surface area (Å²) >= 11 is 0. The first kappa shape index (κ1) is 17.3. The standard InChI is InChI=1S/C20H31N3O/c1-16-5-6-18(15-20(16)24-4)17(2)22-9-7-19(8-10-22)23-13-11-21(3)12-14-23/h5-6,15,19H,2,7-14H2,1,3-4H3. The average Bonchev–Trinajstić information content (AvgIpc) is 2.62. The van der Waals surface area contributed by atoms with E-state index in [-0.39, 0.29) is 0 Å². The molecule has 0 aromatic heterocycles. The summed E-state index contributed by atoms with van der Waals surface area (Å²) < 4.78 is 5.46. The van der Waals surface area contributed by atoms with E-state index in [0.717, 1.165) is 30.6 Å². The SMILES string of the molecule is C=C(c1ccc(C)c(OC)c1)N1CCC(N2CCN(C)CC2)CC1. The first-order valence-electron chi connectivity index (χ1n) is 9.10. The zero-order chi connectivity index (χ0) is 17.1. The Morgan fingerprint density at radius 1 is 1.08 bits per heavy atom. The summed E-state index contributed by atoms with van der Waals surface area (Å²) in [4.78, 5) is 7.56. The highest BCUT2D eigenvalue weighted by Gasteiger charge is 2.27. The van der Waals surface area contributed by atoms with Crippen molar-refractivity contribution in [1.29, 1.82) is 0 Å². The van der Waals surface area contributed by atoms with Crippen molar-refractivity contribution in [3.63, 3.8) is 0 Å². The molecule has 2 aliphatic rings. The molecule has 2 heterocycles. The maximum Gasteiger partial charge on any atom is 0.122 e. The monoisotopic (exact) mass is 329 g/mol. The molecule has 1 aromatic rings. The van der Waals surface area contributed by atoms with Gasteiger partial charge in [0.05, 0.1) is 7.11 Å². The van der Waals surface area contributed by atoms with E-state index in [0.29, 0.717) is 0 Å². The lowest BCUT2D eigenvalue weighted by Crippen LogP contribution is -2.52. The molecule has 2 aliphatic heterocycles. The topological polar surface area (TPSA) is 19.0 Å². The second kappa shape index (κ2) is 7.58. The van der Waals surface area contributed by atoms with Gasteiger partial charge in [0.15, 0.2) is 0 Å². The Morgan fingerprint density at radius 2 is 1.75 bits per heavy atom. The van der Waals surface area contributed by atoms with Gasteiger partial charge in [-0.3, -0.25) is 4.90 Å². The van der Waals surface area contributed by atoms with Crippen LogP contribution in [0.25, 0.3) is 5.70 Å². The molecule has 24 heavy (non-hydrogen) atoms. The Bertz CT molecular complexity index is 570. The third-order valence-corrected chi connectivity index (χ3v) is 5.64. The number of rotatable bonds is 4. The first-order valence-corrected chi connectivity index (χ1v) is 9.10. The summed E-state index contributed by atoms with van der Waals surface area (Å²) in [6.45, 7) is 13.5. The van der Waals surface area contributed by atoms with Crippen molar-refractivity contribution in [2.75, 3.05) is 53.4 Å². The number of hydrogen-bond donors (Lipinski definition) is 0. The van der Waals surface area contributed by atoms with Gasteiger partial charge in [-0.25, -0.2) is 0 Å². The normalized spacial score (nSPS) is 21.0. The van der Waals surface area contributed by atoms with Crippen LogP contribution in [0.1, 0.15) is 24.0 Å². The summed E-state index contributed by atoms with van der Waals surface area (Å²) in [5.41, 5.74) is 3.48. The lowest BCUT2D eigenvalue weighted by molar-refractivity contribution is 0.0802. The molecule has 0 aliphatic carbocycles. The molecule has 3 rings (SSSR count). The van der Waals surface area contributed by atoms with Crippen LogP contribution in [0.2, 0.25) is 0 Å². The Labute approximate surface area is 146 Å². The van der Waals surface area contributed by atoms with Crippen molar-refractivity contribution >= 4 is 5.70 Å². The number of ether oxygens (including phenoxy) is 1. The Hall–Kier alpha value is -1.52. The molecule has 0 unspecified atom stereocenters.